The largest absolute Gasteiger partial charge is 0.371 e. The number of hydrogen-bond acceptors (Lipinski definition) is 3. The zero-order chi connectivity index (χ0) is 12.4. The summed E-state index contributed by atoms with van der Waals surface area (Å²) in [6.45, 7) is 3.04. The van der Waals surface area contributed by atoms with Crippen LogP contribution in [0.2, 0.25) is 0 Å². The fraction of sp³-hybridized carbons (Fsp3) is 0.400. The SMILES string of the molecule is NCC1CCN(c2cccc3ncccc23)CC1. The fourth-order valence-corrected chi connectivity index (χ4v) is 2.77. The van der Waals surface area contributed by atoms with Gasteiger partial charge in [0.1, 0.15) is 0 Å². The molecule has 3 rings (SSSR count). The molecule has 94 valence electrons. The molecular weight excluding hydrogens is 222 g/mol. The van der Waals surface area contributed by atoms with Crippen molar-refractivity contribution in [3.05, 3.63) is 36.5 Å². The maximum absolute atomic E-state index is 5.75. The quantitative estimate of drug-likeness (QED) is 0.878. The highest BCUT2D eigenvalue weighted by Crippen LogP contribution is 2.28. The Bertz CT molecular complexity index is 525. The van der Waals surface area contributed by atoms with Gasteiger partial charge in [-0.25, -0.2) is 0 Å². The maximum atomic E-state index is 5.75. The number of rotatable bonds is 2. The maximum Gasteiger partial charge on any atom is 0.0722 e. The third-order valence-corrected chi connectivity index (χ3v) is 3.91. The van der Waals surface area contributed by atoms with Gasteiger partial charge in [-0.1, -0.05) is 6.07 Å². The van der Waals surface area contributed by atoms with Crippen LogP contribution in [0.25, 0.3) is 10.9 Å². The average molecular weight is 241 g/mol. The number of piperidine rings is 1. The van der Waals surface area contributed by atoms with Crippen molar-refractivity contribution >= 4 is 16.6 Å². The third-order valence-electron chi connectivity index (χ3n) is 3.91. The molecule has 2 N–H and O–H groups in total. The average Bonchev–Trinajstić information content (AvgIpc) is 2.47. The van der Waals surface area contributed by atoms with Crippen molar-refractivity contribution in [3.8, 4) is 0 Å². The van der Waals surface area contributed by atoms with Gasteiger partial charge in [0, 0.05) is 30.4 Å². The van der Waals surface area contributed by atoms with Crippen molar-refractivity contribution in [2.75, 3.05) is 24.5 Å². The lowest BCUT2D eigenvalue weighted by Gasteiger charge is -2.33. The molecule has 0 radical (unpaired) electrons. The van der Waals surface area contributed by atoms with E-state index in [1.165, 1.54) is 23.9 Å². The lowest BCUT2D eigenvalue weighted by Crippen LogP contribution is -2.36. The van der Waals surface area contributed by atoms with Crippen LogP contribution in [0.15, 0.2) is 36.5 Å². The highest BCUT2D eigenvalue weighted by Gasteiger charge is 2.19. The Balaban J connectivity index is 1.91. The van der Waals surface area contributed by atoms with Crippen LogP contribution in [0.3, 0.4) is 0 Å². The first-order valence-corrected chi connectivity index (χ1v) is 6.67. The number of nitrogens with zero attached hydrogens (tertiary/aromatic N) is 2. The van der Waals surface area contributed by atoms with Crippen LogP contribution < -0.4 is 10.6 Å². The molecule has 1 aliphatic heterocycles. The molecule has 0 unspecified atom stereocenters. The Labute approximate surface area is 108 Å². The zero-order valence-electron chi connectivity index (χ0n) is 10.5. The van der Waals surface area contributed by atoms with Crippen LogP contribution >= 0.6 is 0 Å². The van der Waals surface area contributed by atoms with Crippen LogP contribution in [0, 0.1) is 5.92 Å². The van der Waals surface area contributed by atoms with Gasteiger partial charge < -0.3 is 10.6 Å². The second kappa shape index (κ2) is 4.94. The molecule has 0 saturated carbocycles. The molecule has 3 nitrogen and oxygen atoms in total. The summed E-state index contributed by atoms with van der Waals surface area (Å²) in [4.78, 5) is 6.89. The van der Waals surface area contributed by atoms with Gasteiger partial charge in [-0.05, 0) is 49.6 Å². The molecule has 0 aliphatic carbocycles. The Morgan fingerprint density at radius 3 is 2.78 bits per heavy atom. The van der Waals surface area contributed by atoms with Crippen molar-refractivity contribution in [1.82, 2.24) is 4.98 Å². The van der Waals surface area contributed by atoms with Crippen LogP contribution in [-0.2, 0) is 0 Å². The van der Waals surface area contributed by atoms with Crippen molar-refractivity contribution in [3.63, 3.8) is 0 Å². The minimum absolute atomic E-state index is 0.703. The summed E-state index contributed by atoms with van der Waals surface area (Å²) in [5.41, 5.74) is 8.14. The second-order valence-electron chi connectivity index (χ2n) is 5.01. The van der Waals surface area contributed by atoms with E-state index < -0.39 is 0 Å². The van der Waals surface area contributed by atoms with Gasteiger partial charge in [-0.3, -0.25) is 4.98 Å². The van der Waals surface area contributed by atoms with E-state index in [-0.39, 0.29) is 0 Å². The van der Waals surface area contributed by atoms with Crippen molar-refractivity contribution in [2.45, 2.75) is 12.8 Å². The molecule has 1 saturated heterocycles. The predicted octanol–water partition coefficient (Wildman–Crippen LogP) is 2.41. The molecule has 1 aromatic heterocycles. The molecule has 0 atom stereocenters. The van der Waals surface area contributed by atoms with Crippen molar-refractivity contribution < 1.29 is 0 Å². The molecule has 3 heteroatoms. The summed E-state index contributed by atoms with van der Waals surface area (Å²) in [5.74, 6) is 0.703. The highest BCUT2D eigenvalue weighted by molar-refractivity contribution is 5.91. The van der Waals surface area contributed by atoms with Gasteiger partial charge >= 0.3 is 0 Å². The summed E-state index contributed by atoms with van der Waals surface area (Å²) in [6.07, 6.45) is 4.26. The van der Waals surface area contributed by atoms with Crippen molar-refractivity contribution in [1.29, 1.82) is 0 Å². The molecule has 0 bridgehead atoms. The second-order valence-corrected chi connectivity index (χ2v) is 5.01. The van der Waals surface area contributed by atoms with Gasteiger partial charge in [0.2, 0.25) is 0 Å². The van der Waals surface area contributed by atoms with E-state index in [1.807, 2.05) is 12.3 Å². The smallest absolute Gasteiger partial charge is 0.0722 e. The van der Waals surface area contributed by atoms with E-state index in [9.17, 15) is 0 Å². The summed E-state index contributed by atoms with van der Waals surface area (Å²) in [7, 11) is 0. The zero-order valence-corrected chi connectivity index (χ0v) is 10.5. The van der Waals surface area contributed by atoms with Crippen LogP contribution in [0.5, 0.6) is 0 Å². The predicted molar refractivity (Wildman–Crippen MR) is 75.7 cm³/mol. The topological polar surface area (TPSA) is 42.1 Å². The minimum atomic E-state index is 0.703. The van der Waals surface area contributed by atoms with Crippen LogP contribution in [0.4, 0.5) is 5.69 Å². The van der Waals surface area contributed by atoms with Crippen LogP contribution in [0.1, 0.15) is 12.8 Å². The number of fused-ring (bicyclic) bond motifs is 1. The first-order chi connectivity index (χ1) is 8.88. The molecule has 0 amide bonds. The van der Waals surface area contributed by atoms with Crippen LogP contribution in [-0.4, -0.2) is 24.6 Å². The Kier molecular flexibility index (Phi) is 3.15. The molecule has 2 heterocycles. The van der Waals surface area contributed by atoms with E-state index in [2.05, 4.69) is 34.1 Å². The molecule has 18 heavy (non-hydrogen) atoms. The fourth-order valence-electron chi connectivity index (χ4n) is 2.77. The molecule has 1 fully saturated rings. The highest BCUT2D eigenvalue weighted by atomic mass is 15.1. The molecular formula is C15H19N3. The summed E-state index contributed by atoms with van der Waals surface area (Å²) >= 11 is 0. The summed E-state index contributed by atoms with van der Waals surface area (Å²) < 4.78 is 0. The first kappa shape index (κ1) is 11.5. The third kappa shape index (κ3) is 2.06. The number of benzene rings is 1. The van der Waals surface area contributed by atoms with Gasteiger partial charge in [-0.15, -0.1) is 0 Å². The van der Waals surface area contributed by atoms with E-state index in [4.69, 9.17) is 5.73 Å². The Morgan fingerprint density at radius 1 is 1.17 bits per heavy atom. The van der Waals surface area contributed by atoms with Gasteiger partial charge in [0.05, 0.1) is 5.52 Å². The standard InChI is InChI=1S/C15H19N3/c16-11-12-6-9-18(10-7-12)15-5-1-4-14-13(15)3-2-8-17-14/h1-5,8,12H,6-7,9-11,16H2. The summed E-state index contributed by atoms with van der Waals surface area (Å²) in [5, 5.41) is 1.26. The number of pyridine rings is 1. The number of anilines is 1. The van der Waals surface area contributed by atoms with E-state index >= 15 is 0 Å². The Hall–Kier alpha value is -1.61. The Morgan fingerprint density at radius 2 is 2.00 bits per heavy atom. The lowest BCUT2D eigenvalue weighted by molar-refractivity contribution is 0.415. The monoisotopic (exact) mass is 241 g/mol. The molecule has 1 aromatic carbocycles. The van der Waals surface area contributed by atoms with E-state index in [0.29, 0.717) is 5.92 Å². The molecule has 2 aromatic rings. The minimum Gasteiger partial charge on any atom is -0.371 e. The number of nitrogens with two attached hydrogens (primary N) is 1. The number of hydrogen-bond donors (Lipinski definition) is 1. The van der Waals surface area contributed by atoms with Gasteiger partial charge in [-0.2, -0.15) is 0 Å². The molecule has 1 aliphatic rings. The van der Waals surface area contributed by atoms with Gasteiger partial charge in [0.15, 0.2) is 0 Å². The molecule has 0 spiro atoms. The van der Waals surface area contributed by atoms with Gasteiger partial charge in [0.25, 0.3) is 0 Å². The normalized spacial score (nSPS) is 17.3. The first-order valence-electron chi connectivity index (χ1n) is 6.67. The number of aromatic nitrogens is 1. The lowest BCUT2D eigenvalue weighted by atomic mass is 9.96. The van der Waals surface area contributed by atoms with E-state index in [0.717, 1.165) is 25.2 Å². The van der Waals surface area contributed by atoms with Crippen molar-refractivity contribution in [2.24, 2.45) is 11.7 Å². The summed E-state index contributed by atoms with van der Waals surface area (Å²) in [6, 6.07) is 10.5. The van der Waals surface area contributed by atoms with E-state index in [1.54, 1.807) is 0 Å².